The van der Waals surface area contributed by atoms with Crippen molar-refractivity contribution in [2.75, 3.05) is 5.32 Å². The van der Waals surface area contributed by atoms with E-state index < -0.39 is 5.67 Å². The minimum absolute atomic E-state index is 0.00132. The molecule has 0 bridgehead atoms. The van der Waals surface area contributed by atoms with E-state index in [2.05, 4.69) is 20.6 Å². The van der Waals surface area contributed by atoms with E-state index in [9.17, 15) is 14.0 Å². The standard InChI is InChI=1S/C22H21FN6O2/c1-13(2)20-17-9-14(22(23)7-8-22)3-5-16(17)21(31)29(27-20)11-19(30)25-15-4-6-18-26-24-12-28(18)10-15/h3-6,9-10,12-13H,7-8,11H2,1-2H3,(H,25,30). The number of aromatic nitrogens is 5. The van der Waals surface area contributed by atoms with Gasteiger partial charge < -0.3 is 5.32 Å². The summed E-state index contributed by atoms with van der Waals surface area (Å²) in [7, 11) is 0. The van der Waals surface area contributed by atoms with Crippen molar-refractivity contribution in [3.8, 4) is 0 Å². The van der Waals surface area contributed by atoms with Crippen LogP contribution < -0.4 is 10.9 Å². The lowest BCUT2D eigenvalue weighted by atomic mass is 9.99. The van der Waals surface area contributed by atoms with Crippen LogP contribution in [0.1, 0.15) is 43.9 Å². The Balaban J connectivity index is 1.48. The second kappa shape index (κ2) is 6.97. The normalized spacial score (nSPS) is 15.0. The van der Waals surface area contributed by atoms with Gasteiger partial charge in [0.15, 0.2) is 5.65 Å². The zero-order valence-electron chi connectivity index (χ0n) is 17.2. The van der Waals surface area contributed by atoms with Crippen LogP contribution in [0.4, 0.5) is 10.1 Å². The third-order valence-corrected chi connectivity index (χ3v) is 5.61. The number of halogens is 1. The molecular formula is C22H21FN6O2. The van der Waals surface area contributed by atoms with E-state index in [0.717, 1.165) is 0 Å². The maximum atomic E-state index is 14.6. The van der Waals surface area contributed by atoms with Gasteiger partial charge in [-0.2, -0.15) is 5.10 Å². The number of carbonyl (C=O) groups excluding carboxylic acids is 1. The number of pyridine rings is 1. The summed E-state index contributed by atoms with van der Waals surface area (Å²) in [6.45, 7) is 3.68. The van der Waals surface area contributed by atoms with Gasteiger partial charge in [0, 0.05) is 11.6 Å². The van der Waals surface area contributed by atoms with Crippen LogP contribution in [0.15, 0.2) is 47.7 Å². The van der Waals surface area contributed by atoms with E-state index in [1.54, 1.807) is 40.9 Å². The van der Waals surface area contributed by atoms with Crippen molar-refractivity contribution in [3.05, 3.63) is 64.5 Å². The van der Waals surface area contributed by atoms with Crippen molar-refractivity contribution in [1.29, 1.82) is 0 Å². The van der Waals surface area contributed by atoms with Gasteiger partial charge in [-0.1, -0.05) is 19.9 Å². The van der Waals surface area contributed by atoms with E-state index in [4.69, 9.17) is 0 Å². The quantitative estimate of drug-likeness (QED) is 0.535. The second-order valence-electron chi connectivity index (χ2n) is 8.29. The van der Waals surface area contributed by atoms with Gasteiger partial charge in [-0.3, -0.25) is 14.0 Å². The van der Waals surface area contributed by atoms with Gasteiger partial charge in [0.1, 0.15) is 18.5 Å². The molecule has 1 saturated carbocycles. The number of alkyl halides is 1. The number of rotatable bonds is 5. The van der Waals surface area contributed by atoms with Gasteiger partial charge in [-0.25, -0.2) is 9.07 Å². The average Bonchev–Trinajstić information content (AvgIpc) is 3.32. The van der Waals surface area contributed by atoms with Gasteiger partial charge in [-0.05, 0) is 48.6 Å². The van der Waals surface area contributed by atoms with Crippen LogP contribution in [-0.4, -0.2) is 30.3 Å². The molecule has 1 fully saturated rings. The molecule has 1 N–H and O–H groups in total. The summed E-state index contributed by atoms with van der Waals surface area (Å²) in [5, 5.41) is 16.0. The monoisotopic (exact) mass is 420 g/mol. The second-order valence-corrected chi connectivity index (χ2v) is 8.29. The topological polar surface area (TPSA) is 94.2 Å². The highest BCUT2D eigenvalue weighted by atomic mass is 19.1. The Morgan fingerprint density at radius 2 is 2.03 bits per heavy atom. The summed E-state index contributed by atoms with van der Waals surface area (Å²) >= 11 is 0. The lowest BCUT2D eigenvalue weighted by molar-refractivity contribution is -0.117. The third kappa shape index (κ3) is 3.45. The average molecular weight is 420 g/mol. The Kier molecular flexibility index (Phi) is 4.35. The Morgan fingerprint density at radius 1 is 1.23 bits per heavy atom. The van der Waals surface area contributed by atoms with E-state index in [-0.39, 0.29) is 23.9 Å². The number of carbonyl (C=O) groups is 1. The summed E-state index contributed by atoms with van der Waals surface area (Å²) in [5.74, 6) is -0.382. The zero-order chi connectivity index (χ0) is 21.8. The number of benzene rings is 1. The molecule has 1 aliphatic rings. The molecule has 0 atom stereocenters. The summed E-state index contributed by atoms with van der Waals surface area (Å²) in [5.41, 5.74) is 0.801. The molecule has 1 aromatic carbocycles. The number of hydrogen-bond donors (Lipinski definition) is 1. The fraction of sp³-hybridized carbons (Fsp3) is 0.318. The molecular weight excluding hydrogens is 399 g/mol. The molecule has 1 aliphatic carbocycles. The first-order valence-corrected chi connectivity index (χ1v) is 10.2. The molecule has 1 amide bonds. The number of anilines is 1. The summed E-state index contributed by atoms with van der Waals surface area (Å²) in [4.78, 5) is 25.6. The first kappa shape index (κ1) is 19.3. The predicted molar refractivity (Wildman–Crippen MR) is 114 cm³/mol. The molecule has 4 aromatic rings. The lowest BCUT2D eigenvalue weighted by Crippen LogP contribution is -2.31. The minimum atomic E-state index is -1.29. The molecule has 3 aromatic heterocycles. The van der Waals surface area contributed by atoms with E-state index >= 15 is 0 Å². The van der Waals surface area contributed by atoms with Crippen molar-refractivity contribution >= 4 is 28.0 Å². The van der Waals surface area contributed by atoms with E-state index in [0.29, 0.717) is 46.2 Å². The largest absolute Gasteiger partial charge is 0.323 e. The third-order valence-electron chi connectivity index (χ3n) is 5.61. The molecule has 0 unspecified atom stereocenters. The Labute approximate surface area is 176 Å². The van der Waals surface area contributed by atoms with Gasteiger partial charge in [0.25, 0.3) is 5.56 Å². The van der Waals surface area contributed by atoms with Crippen molar-refractivity contribution < 1.29 is 9.18 Å². The number of nitrogens with one attached hydrogen (secondary N) is 1. The fourth-order valence-corrected chi connectivity index (χ4v) is 3.76. The van der Waals surface area contributed by atoms with E-state index in [1.807, 2.05) is 13.8 Å². The molecule has 0 aliphatic heterocycles. The fourth-order valence-electron chi connectivity index (χ4n) is 3.76. The molecule has 158 valence electrons. The molecule has 5 rings (SSSR count). The Morgan fingerprint density at radius 3 is 2.77 bits per heavy atom. The van der Waals surface area contributed by atoms with Crippen LogP contribution in [0.3, 0.4) is 0 Å². The maximum absolute atomic E-state index is 14.6. The summed E-state index contributed by atoms with van der Waals surface area (Å²) < 4.78 is 17.4. The molecule has 3 heterocycles. The SMILES string of the molecule is CC(C)c1nn(CC(=O)Nc2ccc3nncn3c2)c(=O)c2ccc(C3(F)CC3)cc12. The van der Waals surface area contributed by atoms with E-state index in [1.165, 1.54) is 11.0 Å². The highest BCUT2D eigenvalue weighted by Crippen LogP contribution is 2.50. The van der Waals surface area contributed by atoms with Crippen LogP contribution >= 0.6 is 0 Å². The predicted octanol–water partition coefficient (Wildman–Crippen LogP) is 3.16. The highest BCUT2D eigenvalue weighted by molar-refractivity contribution is 5.91. The number of amides is 1. The molecule has 8 nitrogen and oxygen atoms in total. The first-order chi connectivity index (χ1) is 14.8. The van der Waals surface area contributed by atoms with Crippen LogP contribution in [-0.2, 0) is 17.0 Å². The molecule has 31 heavy (non-hydrogen) atoms. The zero-order valence-corrected chi connectivity index (χ0v) is 17.2. The van der Waals surface area contributed by atoms with Crippen molar-refractivity contribution in [3.63, 3.8) is 0 Å². The Bertz CT molecular complexity index is 1390. The van der Waals surface area contributed by atoms with Crippen LogP contribution in [0.5, 0.6) is 0 Å². The van der Waals surface area contributed by atoms with Crippen LogP contribution in [0, 0.1) is 0 Å². The van der Waals surface area contributed by atoms with Crippen molar-refractivity contribution in [2.24, 2.45) is 0 Å². The maximum Gasteiger partial charge on any atom is 0.275 e. The van der Waals surface area contributed by atoms with Gasteiger partial charge in [0.2, 0.25) is 5.91 Å². The Hall–Kier alpha value is -3.62. The first-order valence-electron chi connectivity index (χ1n) is 10.2. The van der Waals surface area contributed by atoms with Crippen molar-refractivity contribution in [1.82, 2.24) is 24.4 Å². The van der Waals surface area contributed by atoms with Crippen LogP contribution in [0.25, 0.3) is 16.4 Å². The van der Waals surface area contributed by atoms with Crippen LogP contribution in [0.2, 0.25) is 0 Å². The van der Waals surface area contributed by atoms with Gasteiger partial charge in [0.05, 0.1) is 16.8 Å². The molecule has 9 heteroatoms. The highest BCUT2D eigenvalue weighted by Gasteiger charge is 2.45. The molecule has 0 spiro atoms. The number of hydrogen-bond acceptors (Lipinski definition) is 5. The summed E-state index contributed by atoms with van der Waals surface area (Å²) in [6, 6.07) is 8.50. The number of fused-ring (bicyclic) bond motifs is 2. The van der Waals surface area contributed by atoms with Crippen molar-refractivity contribution in [2.45, 2.75) is 44.8 Å². The molecule has 0 saturated heterocycles. The minimum Gasteiger partial charge on any atom is -0.323 e. The van der Waals surface area contributed by atoms with Gasteiger partial charge in [-0.15, -0.1) is 10.2 Å². The molecule has 0 radical (unpaired) electrons. The summed E-state index contributed by atoms with van der Waals surface area (Å²) in [6.07, 6.45) is 4.23. The lowest BCUT2D eigenvalue weighted by Gasteiger charge is -2.15. The smallest absolute Gasteiger partial charge is 0.275 e. The number of nitrogens with zero attached hydrogens (tertiary/aromatic N) is 5. The van der Waals surface area contributed by atoms with Gasteiger partial charge >= 0.3 is 0 Å².